The van der Waals surface area contributed by atoms with Crippen LogP contribution in [0.15, 0.2) is 264 Å². The first-order chi connectivity index (χ1) is 67.3. The molecule has 39 nitrogen and oxygen atoms in total. The van der Waals surface area contributed by atoms with Crippen molar-refractivity contribution in [3.05, 3.63) is 379 Å². The van der Waals surface area contributed by atoms with Crippen LogP contribution in [0.2, 0.25) is 0 Å². The molecule has 0 spiro atoms. The number of aromatic nitrogens is 12. The normalized spacial score (nSPS) is 20.3. The van der Waals surface area contributed by atoms with E-state index in [2.05, 4.69) is 79.5 Å². The van der Waals surface area contributed by atoms with Crippen molar-refractivity contribution in [3.63, 3.8) is 0 Å². The topological polar surface area (TPSA) is 507 Å². The third-order valence-electron chi connectivity index (χ3n) is 20.0. The second kappa shape index (κ2) is 45.9. The predicted octanol–water partition coefficient (Wildman–Crippen LogP) is 9.06. The average molecular weight is 1940 g/mol. The van der Waals surface area contributed by atoms with E-state index in [1.807, 2.05) is 0 Å². The predicted molar refractivity (Wildman–Crippen MR) is 451 cm³/mol. The maximum Gasteiger partial charge on any atom is 0.343 e. The Morgan fingerprint density at radius 2 is 0.479 bits per heavy atom. The van der Waals surface area contributed by atoms with E-state index in [1.165, 1.54) is 153 Å². The smallest absolute Gasteiger partial charge is 0.343 e. The Morgan fingerprint density at radius 3 is 0.750 bits per heavy atom. The minimum Gasteiger partial charge on any atom is -0.488 e. The Bertz CT molecular complexity index is 6550. The van der Waals surface area contributed by atoms with E-state index in [1.54, 1.807) is 12.1 Å². The first-order valence-electron chi connectivity index (χ1n) is 40.7. The molecule has 47 heteroatoms. The zero-order valence-corrected chi connectivity index (χ0v) is 71.7. The van der Waals surface area contributed by atoms with Crippen LogP contribution < -0.4 is 0 Å². The van der Waals surface area contributed by atoms with Crippen molar-refractivity contribution in [1.82, 2.24) is 59.8 Å². The van der Waals surface area contributed by atoms with Gasteiger partial charge in [0.05, 0.1) is 27.8 Å². The molecule has 12 aromatic heterocycles. The Hall–Kier alpha value is -17.2. The van der Waals surface area contributed by atoms with Gasteiger partial charge >= 0.3 is 53.7 Å². The molecule has 0 unspecified atom stereocenters. The largest absolute Gasteiger partial charge is 0.488 e. The third-order valence-corrected chi connectivity index (χ3v) is 20.0. The fourth-order valence-electron chi connectivity index (χ4n) is 13.2. The molecule has 0 amide bonds. The molecule has 3 aliphatic heterocycles. The Labute approximate surface area is 783 Å². The molecule has 3 fully saturated rings. The summed E-state index contributed by atoms with van der Waals surface area (Å²) in [5, 5.41) is 35.2. The lowest BCUT2D eigenvalue weighted by atomic mass is 10.0. The van der Waals surface area contributed by atoms with Gasteiger partial charge in [0.25, 0.3) is 0 Å². The van der Waals surface area contributed by atoms with Gasteiger partial charge in [-0.25, -0.2) is 83.0 Å². The Kier molecular flexibility index (Phi) is 32.9. The zero-order chi connectivity index (χ0) is 99.8. The van der Waals surface area contributed by atoms with E-state index in [0.717, 1.165) is 79.8 Å². The zero-order valence-electron chi connectivity index (χ0n) is 71.7. The fraction of sp³-hybridized carbons (Fsp3) is 0.194. The monoisotopic (exact) mass is 1940 g/mol. The summed E-state index contributed by atoms with van der Waals surface area (Å²) in [5.74, 6) is -28.4. The SMILES string of the molecule is C=C(OC[C@@]1(O)O[C@H](COC(=O)c2cccnc2)[C@@H](OC(=O)c2cccnc2)[C@@H]1OC(=O)c1cccnc1F)c1cccnc1F.C=C(OC[C@@]1(O)O[C@H](COC(=O)c2cccnc2F)[C@@H](OC(=O)c2cccnc2F)[C@@H]1OC(=O)c1cccnc1)c1cccnc1F.C=C(OC[C@@]1(O)O[C@H](COC(=O)c2cccnc2F)[C@@H](OC(=O)c2cccnc2F)[C@@H]1OC(=O)c1cccnc1F)c1cccnc1. The van der Waals surface area contributed by atoms with Gasteiger partial charge in [0.15, 0.2) is 36.6 Å². The molecule has 3 saturated heterocycles. The molecule has 0 aliphatic carbocycles. The van der Waals surface area contributed by atoms with Crippen molar-refractivity contribution in [1.29, 1.82) is 0 Å². The lowest BCUT2D eigenvalue weighted by molar-refractivity contribution is -0.247. The van der Waals surface area contributed by atoms with Gasteiger partial charge in [-0.3, -0.25) is 19.9 Å². The van der Waals surface area contributed by atoms with Crippen molar-refractivity contribution in [3.8, 4) is 0 Å². The highest BCUT2D eigenvalue weighted by atomic mass is 19.2. The van der Waals surface area contributed by atoms with Gasteiger partial charge in [-0.2, -0.15) is 35.1 Å². The molecule has 0 aromatic carbocycles. The van der Waals surface area contributed by atoms with E-state index in [-0.39, 0.29) is 45.1 Å². The molecule has 15 rings (SSSR count). The maximum atomic E-state index is 14.4. The second-order valence-corrected chi connectivity index (χ2v) is 29.2. The molecule has 140 heavy (non-hydrogen) atoms. The summed E-state index contributed by atoms with van der Waals surface area (Å²) < 4.78 is 197. The first-order valence-corrected chi connectivity index (χ1v) is 40.7. The van der Waals surface area contributed by atoms with Crippen LogP contribution in [0, 0.1) is 47.6 Å². The number of ether oxygens (including phenoxy) is 15. The number of pyridine rings is 12. The summed E-state index contributed by atoms with van der Waals surface area (Å²) in [4.78, 5) is 160. The molecule has 12 atom stereocenters. The first kappa shape index (κ1) is 100. The number of rotatable bonds is 33. The van der Waals surface area contributed by atoms with Crippen LogP contribution in [0.5, 0.6) is 0 Å². The number of aliphatic hydroxyl groups is 3. The second-order valence-electron chi connectivity index (χ2n) is 29.2. The highest BCUT2D eigenvalue weighted by molar-refractivity contribution is 5.94. The van der Waals surface area contributed by atoms with Crippen molar-refractivity contribution in [2.24, 2.45) is 0 Å². The Balaban J connectivity index is 0.000000177. The molecule has 3 aliphatic rings. The molecule has 720 valence electrons. The molecular formula is C93H70F8N12O27. The van der Waals surface area contributed by atoms with E-state index < -0.39 is 247 Å². The summed E-state index contributed by atoms with van der Waals surface area (Å²) in [6, 6.07) is 31.1. The van der Waals surface area contributed by atoms with Crippen molar-refractivity contribution >= 4 is 71.0 Å². The minimum absolute atomic E-state index is 0.0218. The van der Waals surface area contributed by atoms with Crippen LogP contribution in [0.25, 0.3) is 17.3 Å². The molecule has 0 saturated carbocycles. The summed E-state index contributed by atoms with van der Waals surface area (Å²) in [6.07, 6.45) is 3.49. The van der Waals surface area contributed by atoms with Crippen LogP contribution in [0.3, 0.4) is 0 Å². The molecule has 15 heterocycles. The van der Waals surface area contributed by atoms with Crippen LogP contribution in [0.4, 0.5) is 35.1 Å². The van der Waals surface area contributed by atoms with Gasteiger partial charge in [-0.05, 0) is 146 Å². The minimum atomic E-state index is -2.71. The molecule has 3 N–H and O–H groups in total. The van der Waals surface area contributed by atoms with Crippen LogP contribution in [0.1, 0.15) is 110 Å². The molecule has 0 radical (unpaired) electrons. The number of esters is 9. The molecule has 0 bridgehead atoms. The lowest BCUT2D eigenvalue weighted by Gasteiger charge is -2.30. The number of nitrogens with zero attached hydrogens (tertiary/aromatic N) is 12. The van der Waals surface area contributed by atoms with Gasteiger partial charge in [0.2, 0.25) is 64.9 Å². The van der Waals surface area contributed by atoms with Gasteiger partial charge in [-0.1, -0.05) is 19.7 Å². The van der Waals surface area contributed by atoms with Gasteiger partial charge in [0, 0.05) is 105 Å². The summed E-state index contributed by atoms with van der Waals surface area (Å²) >= 11 is 0. The van der Waals surface area contributed by atoms with E-state index in [4.69, 9.17) is 71.1 Å². The number of carbonyl (C=O) groups excluding carboxylic acids is 9. The maximum absolute atomic E-state index is 14.4. The van der Waals surface area contributed by atoms with Crippen LogP contribution in [-0.4, -0.2) is 241 Å². The summed E-state index contributed by atoms with van der Waals surface area (Å²) in [6.45, 7) is 6.03. The highest BCUT2D eigenvalue weighted by Crippen LogP contribution is 2.41. The summed E-state index contributed by atoms with van der Waals surface area (Å²) in [7, 11) is 0. The van der Waals surface area contributed by atoms with Crippen molar-refractivity contribution < 1.29 is 165 Å². The van der Waals surface area contributed by atoms with Crippen molar-refractivity contribution in [2.45, 2.75) is 72.3 Å². The number of carbonyl (C=O) groups is 9. The fourth-order valence-corrected chi connectivity index (χ4v) is 13.2. The quantitative estimate of drug-likeness (QED) is 0.0113. The van der Waals surface area contributed by atoms with E-state index >= 15 is 0 Å². The summed E-state index contributed by atoms with van der Waals surface area (Å²) in [5.41, 5.74) is -3.67. The molecule has 12 aromatic rings. The average Bonchev–Trinajstić information content (AvgIpc) is 1.62. The van der Waals surface area contributed by atoms with Crippen LogP contribution >= 0.6 is 0 Å². The third kappa shape index (κ3) is 24.7. The standard InChI is InChI=1S/2C31H23F3N4O9.C31H24F2N4O9/c1-17(19-7-3-11-36-25(19)32)44-16-31(42)24(46-28(39)18-6-2-10-35-14-18)23(45-30(41)21-9-5-13-38-27(21)34)22(47-31)15-43-29(40)20-8-4-12-37-26(20)33;1-17(18-6-2-10-35-14-18)44-16-31(42)24(46-30(41)21-9-5-13-38-27(21)34)23(45-29(40)20-8-4-12-37-26(20)33)22(47-31)15-43-28(39)19-7-3-11-36-25(19)32;1-18(21-8-4-12-36-26(21)32)43-17-31(41)25(45-30(40)22-9-5-13-37-27(22)33)24(44-29(39)20-7-3-11-35-15-20)23(46-31)16-42-28(38)19-6-2-10-34-14-19/h2*2-14,22-24,42H,1,15-16H2;2-15,23-25,41H,1,16-17H2/t2*22-,23-,24+,31-;23-,24-,25+,31-/m111/s1. The lowest BCUT2D eigenvalue weighted by Crippen LogP contribution is -2.50. The number of hydrogen-bond donors (Lipinski definition) is 3. The van der Waals surface area contributed by atoms with Crippen molar-refractivity contribution in [2.75, 3.05) is 39.6 Å². The van der Waals surface area contributed by atoms with Crippen LogP contribution in [-0.2, 0) is 71.1 Å². The van der Waals surface area contributed by atoms with Gasteiger partial charge in [-0.15, -0.1) is 0 Å². The number of hydrogen-bond acceptors (Lipinski definition) is 39. The van der Waals surface area contributed by atoms with E-state index in [0.29, 0.717) is 5.56 Å². The number of halogens is 8. The molecular weight excluding hydrogens is 1870 g/mol. The van der Waals surface area contributed by atoms with Gasteiger partial charge in [0.1, 0.15) is 109 Å². The van der Waals surface area contributed by atoms with Gasteiger partial charge < -0.3 is 86.4 Å². The van der Waals surface area contributed by atoms with E-state index in [9.17, 15) is 93.6 Å². The Morgan fingerprint density at radius 1 is 0.264 bits per heavy atom. The highest BCUT2D eigenvalue weighted by Gasteiger charge is 2.63.